The van der Waals surface area contributed by atoms with Crippen LogP contribution >= 0.6 is 11.8 Å². The highest BCUT2D eigenvalue weighted by Crippen LogP contribution is 2.34. The van der Waals surface area contributed by atoms with Crippen LogP contribution in [0.15, 0.2) is 34.2 Å². The molecule has 0 saturated carbocycles. The number of carbonyl (C=O) groups excluding carboxylic acids is 1. The van der Waals surface area contributed by atoms with E-state index < -0.39 is 11.9 Å². The average molecular weight is 442 g/mol. The van der Waals surface area contributed by atoms with Gasteiger partial charge in [0.15, 0.2) is 5.17 Å². The van der Waals surface area contributed by atoms with Crippen molar-refractivity contribution >= 4 is 40.9 Å². The van der Waals surface area contributed by atoms with E-state index in [1.165, 1.54) is 23.9 Å². The number of nitrogens with zero attached hydrogens (tertiary/aromatic N) is 3. The molecule has 0 bridgehead atoms. The fraction of sp³-hybridized carbons (Fsp3) is 0.273. The Labute approximate surface area is 183 Å². The van der Waals surface area contributed by atoms with Crippen LogP contribution in [0.2, 0.25) is 0 Å². The first-order valence-corrected chi connectivity index (χ1v) is 10.6. The average Bonchev–Trinajstić information content (AvgIpc) is 3.16. The van der Waals surface area contributed by atoms with Crippen molar-refractivity contribution in [3.05, 3.63) is 57.2 Å². The highest BCUT2D eigenvalue weighted by atomic mass is 32.2. The molecule has 8 nitrogen and oxygen atoms in total. The van der Waals surface area contributed by atoms with Crippen LogP contribution in [0.3, 0.4) is 0 Å². The van der Waals surface area contributed by atoms with Crippen LogP contribution in [0, 0.1) is 13.8 Å². The Hall–Kier alpha value is -3.33. The third kappa shape index (κ3) is 4.27. The van der Waals surface area contributed by atoms with E-state index in [0.717, 1.165) is 23.0 Å². The molecule has 1 aromatic carbocycles. The second kappa shape index (κ2) is 8.81. The number of thioether (sulfide) groups is 1. The number of hydrogen-bond donors (Lipinski definition) is 2. The predicted octanol–water partition coefficient (Wildman–Crippen LogP) is 3.80. The number of amidine groups is 1. The largest absolute Gasteiger partial charge is 0.478 e. The van der Waals surface area contributed by atoms with Crippen molar-refractivity contribution in [1.82, 2.24) is 9.47 Å². The summed E-state index contributed by atoms with van der Waals surface area (Å²) in [5.74, 6) is -2.51. The standard InChI is InChI=1S/C22H23N3O5S/c1-5-23-22-24(6-2)19(26)18(31-22)11-14-7-12(3)25(13(14)4)17-9-15(20(27)28)8-16(10-17)21(29)30/h7-11H,5-6H2,1-4H3,(H,27,28)(H,29,30)/b18-11-,23-22?. The summed E-state index contributed by atoms with van der Waals surface area (Å²) in [5.41, 5.74) is 2.56. The molecule has 31 heavy (non-hydrogen) atoms. The Kier molecular flexibility index (Phi) is 6.35. The van der Waals surface area contributed by atoms with Crippen molar-refractivity contribution in [3.8, 4) is 5.69 Å². The number of hydrogen-bond acceptors (Lipinski definition) is 5. The Bertz CT molecular complexity index is 1110. The van der Waals surface area contributed by atoms with E-state index in [0.29, 0.717) is 28.8 Å². The molecule has 1 amide bonds. The monoisotopic (exact) mass is 441 g/mol. The number of aromatic nitrogens is 1. The van der Waals surface area contributed by atoms with Gasteiger partial charge >= 0.3 is 11.9 Å². The molecule has 0 radical (unpaired) electrons. The smallest absolute Gasteiger partial charge is 0.335 e. The van der Waals surface area contributed by atoms with Gasteiger partial charge in [-0.2, -0.15) is 0 Å². The summed E-state index contributed by atoms with van der Waals surface area (Å²) in [5, 5.41) is 19.4. The first-order chi connectivity index (χ1) is 14.7. The maximum atomic E-state index is 12.8. The molecule has 1 fully saturated rings. The first-order valence-electron chi connectivity index (χ1n) is 9.74. The molecular weight excluding hydrogens is 418 g/mol. The van der Waals surface area contributed by atoms with Crippen LogP contribution in [-0.4, -0.2) is 55.8 Å². The second-order valence-electron chi connectivity index (χ2n) is 6.96. The molecule has 1 aromatic heterocycles. The summed E-state index contributed by atoms with van der Waals surface area (Å²) in [6.07, 6.45) is 1.80. The number of aliphatic imine (C=N–C) groups is 1. The zero-order valence-electron chi connectivity index (χ0n) is 17.7. The number of carboxylic acid groups (broad SMARTS) is 2. The van der Waals surface area contributed by atoms with Gasteiger partial charge in [-0.1, -0.05) is 0 Å². The third-order valence-electron chi connectivity index (χ3n) is 4.92. The molecule has 2 heterocycles. The highest BCUT2D eigenvalue weighted by molar-refractivity contribution is 8.18. The summed E-state index contributed by atoms with van der Waals surface area (Å²) < 4.78 is 1.79. The van der Waals surface area contributed by atoms with Crippen molar-refractivity contribution in [2.75, 3.05) is 13.1 Å². The van der Waals surface area contributed by atoms with Gasteiger partial charge in [0.25, 0.3) is 5.91 Å². The minimum Gasteiger partial charge on any atom is -0.478 e. The number of likely N-dealkylation sites (N-methyl/N-ethyl adjacent to an activating group) is 1. The van der Waals surface area contributed by atoms with E-state index in [1.807, 2.05) is 33.8 Å². The lowest BCUT2D eigenvalue weighted by atomic mass is 10.1. The minimum atomic E-state index is -1.20. The van der Waals surface area contributed by atoms with Gasteiger partial charge < -0.3 is 14.8 Å². The third-order valence-corrected chi connectivity index (χ3v) is 5.97. The summed E-state index contributed by atoms with van der Waals surface area (Å²) in [6, 6.07) is 5.89. The van der Waals surface area contributed by atoms with Gasteiger partial charge in [-0.25, -0.2) is 9.59 Å². The van der Waals surface area contributed by atoms with Gasteiger partial charge in [-0.05, 0) is 75.4 Å². The minimum absolute atomic E-state index is 0.106. The summed E-state index contributed by atoms with van der Waals surface area (Å²) in [7, 11) is 0. The van der Waals surface area contributed by atoms with Gasteiger partial charge in [0.2, 0.25) is 0 Å². The SMILES string of the molecule is CCN=C1S/C(=C\c2cc(C)n(-c3cc(C(=O)O)cc(C(=O)O)c3)c2C)C(=O)N1CC. The summed E-state index contributed by atoms with van der Waals surface area (Å²) in [4.78, 5) is 42.3. The molecule has 2 N–H and O–H groups in total. The van der Waals surface area contributed by atoms with E-state index in [2.05, 4.69) is 4.99 Å². The fourth-order valence-corrected chi connectivity index (χ4v) is 4.60. The molecule has 0 spiro atoms. The van der Waals surface area contributed by atoms with E-state index in [-0.39, 0.29) is 17.0 Å². The van der Waals surface area contributed by atoms with Gasteiger partial charge in [-0.15, -0.1) is 0 Å². The molecular formula is C22H23N3O5S. The molecule has 0 aliphatic carbocycles. The normalized spacial score (nSPS) is 16.5. The topological polar surface area (TPSA) is 112 Å². The molecule has 2 aromatic rings. The van der Waals surface area contributed by atoms with Gasteiger partial charge in [0.05, 0.1) is 16.0 Å². The lowest BCUT2D eigenvalue weighted by Gasteiger charge is -2.12. The van der Waals surface area contributed by atoms with Crippen molar-refractivity contribution < 1.29 is 24.6 Å². The molecule has 162 valence electrons. The van der Waals surface area contributed by atoms with Crippen molar-refractivity contribution in [2.45, 2.75) is 27.7 Å². The second-order valence-corrected chi connectivity index (χ2v) is 7.97. The number of benzene rings is 1. The highest BCUT2D eigenvalue weighted by Gasteiger charge is 2.32. The van der Waals surface area contributed by atoms with E-state index >= 15 is 0 Å². The molecule has 1 aliphatic rings. The number of rotatable bonds is 6. The lowest BCUT2D eigenvalue weighted by molar-refractivity contribution is -0.122. The number of carboxylic acids is 2. The molecule has 1 aliphatic heterocycles. The Balaban J connectivity index is 2.10. The quantitative estimate of drug-likeness (QED) is 0.660. The number of carbonyl (C=O) groups is 3. The summed E-state index contributed by atoms with van der Waals surface area (Å²) in [6.45, 7) is 8.61. The van der Waals surface area contributed by atoms with E-state index in [9.17, 15) is 24.6 Å². The maximum absolute atomic E-state index is 12.8. The van der Waals surface area contributed by atoms with Crippen LogP contribution in [-0.2, 0) is 4.79 Å². The van der Waals surface area contributed by atoms with Crippen LogP contribution in [0.25, 0.3) is 11.8 Å². The Morgan fingerprint density at radius 3 is 2.19 bits per heavy atom. The molecule has 3 rings (SSSR count). The zero-order chi connectivity index (χ0) is 22.9. The molecule has 9 heteroatoms. The van der Waals surface area contributed by atoms with Crippen LogP contribution in [0.5, 0.6) is 0 Å². The van der Waals surface area contributed by atoms with Crippen LogP contribution in [0.1, 0.15) is 51.5 Å². The summed E-state index contributed by atoms with van der Waals surface area (Å²) >= 11 is 1.33. The maximum Gasteiger partial charge on any atom is 0.335 e. The van der Waals surface area contributed by atoms with Crippen molar-refractivity contribution in [1.29, 1.82) is 0 Å². The Morgan fingerprint density at radius 2 is 1.68 bits per heavy atom. The van der Waals surface area contributed by atoms with Gasteiger partial charge in [0.1, 0.15) is 0 Å². The Morgan fingerprint density at radius 1 is 1.06 bits per heavy atom. The fourth-order valence-electron chi connectivity index (χ4n) is 3.50. The molecule has 0 atom stereocenters. The number of aromatic carboxylic acids is 2. The van der Waals surface area contributed by atoms with Crippen molar-refractivity contribution in [2.24, 2.45) is 4.99 Å². The first kappa shape index (κ1) is 22.4. The van der Waals surface area contributed by atoms with Gasteiger partial charge in [0, 0.05) is 30.2 Å². The molecule has 1 saturated heterocycles. The number of amides is 1. The zero-order valence-corrected chi connectivity index (χ0v) is 18.5. The van der Waals surface area contributed by atoms with Crippen molar-refractivity contribution in [3.63, 3.8) is 0 Å². The lowest BCUT2D eigenvalue weighted by Crippen LogP contribution is -2.28. The van der Waals surface area contributed by atoms with Crippen LogP contribution < -0.4 is 0 Å². The predicted molar refractivity (Wildman–Crippen MR) is 120 cm³/mol. The number of aryl methyl sites for hydroxylation is 1. The van der Waals surface area contributed by atoms with Crippen LogP contribution in [0.4, 0.5) is 0 Å². The van der Waals surface area contributed by atoms with E-state index in [4.69, 9.17) is 0 Å². The molecule has 0 unspecified atom stereocenters. The van der Waals surface area contributed by atoms with E-state index in [1.54, 1.807) is 15.5 Å². The van der Waals surface area contributed by atoms with Gasteiger partial charge in [-0.3, -0.25) is 14.7 Å².